The Kier molecular flexibility index (Phi) is 4.30. The molecule has 0 unspecified atom stereocenters. The average molecular weight is 408 g/mol. The van der Waals surface area contributed by atoms with Crippen molar-refractivity contribution in [2.45, 2.75) is 40.0 Å². The van der Waals surface area contributed by atoms with E-state index < -0.39 is 0 Å². The van der Waals surface area contributed by atoms with Gasteiger partial charge < -0.3 is 0 Å². The fourth-order valence-electron chi connectivity index (χ4n) is 4.42. The van der Waals surface area contributed by atoms with Crippen LogP contribution in [0.15, 0.2) is 54.6 Å². The monoisotopic (exact) mass is 407 g/mol. The molecule has 5 rings (SSSR count). The molecule has 0 bridgehead atoms. The highest BCUT2D eigenvalue weighted by Crippen LogP contribution is 2.36. The molecule has 0 radical (unpaired) electrons. The third-order valence-electron chi connectivity index (χ3n) is 6.29. The van der Waals surface area contributed by atoms with Gasteiger partial charge in [0.2, 0.25) is 0 Å². The molecule has 154 valence electrons. The highest BCUT2D eigenvalue weighted by atomic mass is 15.1. The summed E-state index contributed by atoms with van der Waals surface area (Å²) >= 11 is 0. The van der Waals surface area contributed by atoms with E-state index in [4.69, 9.17) is 15.0 Å². The lowest BCUT2D eigenvalue weighted by Gasteiger charge is -2.23. The van der Waals surface area contributed by atoms with Gasteiger partial charge in [-0.2, -0.15) is 0 Å². The van der Waals surface area contributed by atoms with Crippen LogP contribution >= 0.6 is 0 Å². The third-order valence-corrected chi connectivity index (χ3v) is 6.29. The largest absolute Gasteiger partial charge is 0.333 e. The lowest BCUT2D eigenvalue weighted by Crippen LogP contribution is -2.37. The van der Waals surface area contributed by atoms with E-state index in [0.717, 1.165) is 33.6 Å². The van der Waals surface area contributed by atoms with Gasteiger partial charge >= 0.3 is 5.82 Å². The normalized spacial score (nSPS) is 12.2. The fourth-order valence-corrected chi connectivity index (χ4v) is 4.42. The second-order valence-corrected chi connectivity index (χ2v) is 9.36. The van der Waals surface area contributed by atoms with Crippen LogP contribution < -0.4 is 4.57 Å². The molecule has 0 saturated carbocycles. The molecule has 0 amide bonds. The van der Waals surface area contributed by atoms with Gasteiger partial charge in [-0.15, -0.1) is 0 Å². The van der Waals surface area contributed by atoms with Crippen molar-refractivity contribution >= 4 is 33.0 Å². The second kappa shape index (κ2) is 6.81. The van der Waals surface area contributed by atoms with Crippen molar-refractivity contribution in [3.63, 3.8) is 0 Å². The first kappa shape index (κ1) is 19.6. The minimum absolute atomic E-state index is 0.0164. The Morgan fingerprint density at radius 3 is 2.06 bits per heavy atom. The second-order valence-electron chi connectivity index (χ2n) is 9.36. The van der Waals surface area contributed by atoms with E-state index in [0.29, 0.717) is 5.65 Å². The van der Waals surface area contributed by atoms with E-state index in [1.165, 1.54) is 21.9 Å². The van der Waals surface area contributed by atoms with E-state index in [9.17, 15) is 0 Å². The van der Waals surface area contributed by atoms with Crippen molar-refractivity contribution in [1.82, 2.24) is 15.0 Å². The standard InChI is InChI=1S/C27H27N4/c1-16-18-11-7-8-12-19(18)21(27(3,4)5)15-20(16)26-30-25-24(17(2)31(26)6)28-22-13-9-10-14-23(22)29-25/h7-15H,1-6H3/q+1. The molecule has 5 aromatic rings. The van der Waals surface area contributed by atoms with Crippen LogP contribution in [-0.2, 0) is 12.5 Å². The minimum Gasteiger partial charge on any atom is -0.236 e. The molecule has 0 spiro atoms. The Bertz CT molecular complexity index is 1490. The zero-order valence-corrected chi connectivity index (χ0v) is 19.0. The van der Waals surface area contributed by atoms with Gasteiger partial charge in [0.1, 0.15) is 5.69 Å². The van der Waals surface area contributed by atoms with Gasteiger partial charge in [-0.3, -0.25) is 0 Å². The molecule has 0 N–H and O–H groups in total. The van der Waals surface area contributed by atoms with E-state index in [2.05, 4.69) is 76.6 Å². The summed E-state index contributed by atoms with van der Waals surface area (Å²) in [7, 11) is 2.07. The molecule has 0 aliphatic rings. The predicted molar refractivity (Wildman–Crippen MR) is 127 cm³/mol. The lowest BCUT2D eigenvalue weighted by atomic mass is 9.81. The summed E-state index contributed by atoms with van der Waals surface area (Å²) in [5, 5.41) is 2.58. The van der Waals surface area contributed by atoms with Gasteiger partial charge in [0.05, 0.1) is 23.6 Å². The van der Waals surface area contributed by atoms with Gasteiger partial charge in [0.15, 0.2) is 5.52 Å². The van der Waals surface area contributed by atoms with E-state index in [1.54, 1.807) is 0 Å². The van der Waals surface area contributed by atoms with Crippen molar-refractivity contribution in [3.05, 3.63) is 71.4 Å². The maximum atomic E-state index is 5.04. The van der Waals surface area contributed by atoms with Crippen molar-refractivity contribution in [1.29, 1.82) is 0 Å². The summed E-state index contributed by atoms with van der Waals surface area (Å²) in [6.07, 6.45) is 0. The van der Waals surface area contributed by atoms with Crippen LogP contribution in [0, 0.1) is 13.8 Å². The van der Waals surface area contributed by atoms with Crippen molar-refractivity contribution in [2.24, 2.45) is 7.05 Å². The van der Waals surface area contributed by atoms with Crippen LogP contribution in [0.3, 0.4) is 0 Å². The number of hydrogen-bond acceptors (Lipinski definition) is 3. The molecule has 31 heavy (non-hydrogen) atoms. The van der Waals surface area contributed by atoms with Crippen LogP contribution in [0.1, 0.15) is 37.6 Å². The molecule has 0 saturated heterocycles. The molecule has 0 fully saturated rings. The SMILES string of the molecule is Cc1c(-c2nc3nc4ccccc4nc3c(C)[n+]2C)cc(C(C)(C)C)c2ccccc12. The number of fused-ring (bicyclic) bond motifs is 3. The fraction of sp³-hybridized carbons (Fsp3) is 0.259. The van der Waals surface area contributed by atoms with E-state index in [1.807, 2.05) is 24.3 Å². The number of hydrogen-bond donors (Lipinski definition) is 0. The van der Waals surface area contributed by atoms with Crippen LogP contribution in [0.4, 0.5) is 0 Å². The Labute approximate surface area is 182 Å². The van der Waals surface area contributed by atoms with Gasteiger partial charge in [-0.25, -0.2) is 14.5 Å². The van der Waals surface area contributed by atoms with Crippen LogP contribution in [-0.4, -0.2) is 15.0 Å². The minimum atomic E-state index is 0.0164. The highest BCUT2D eigenvalue weighted by molar-refractivity contribution is 5.94. The molecule has 2 aromatic heterocycles. The summed E-state index contributed by atoms with van der Waals surface area (Å²) in [5.74, 6) is 0.920. The molecule has 0 aliphatic heterocycles. The Balaban J connectivity index is 1.88. The Morgan fingerprint density at radius 2 is 1.39 bits per heavy atom. The smallest absolute Gasteiger partial charge is 0.236 e. The summed E-state index contributed by atoms with van der Waals surface area (Å²) in [6.45, 7) is 11.1. The zero-order chi connectivity index (χ0) is 21.9. The highest BCUT2D eigenvalue weighted by Gasteiger charge is 2.27. The van der Waals surface area contributed by atoms with Gasteiger partial charge in [-0.1, -0.05) is 57.2 Å². The average Bonchev–Trinajstić information content (AvgIpc) is 2.75. The molecule has 2 heterocycles. The van der Waals surface area contributed by atoms with Gasteiger partial charge in [0, 0.05) is 6.92 Å². The third kappa shape index (κ3) is 3.05. The molecule has 3 aromatic carbocycles. The lowest BCUT2D eigenvalue weighted by molar-refractivity contribution is -0.667. The maximum absolute atomic E-state index is 5.04. The van der Waals surface area contributed by atoms with E-state index >= 15 is 0 Å². The number of para-hydroxylation sites is 2. The van der Waals surface area contributed by atoms with Crippen molar-refractivity contribution in [3.8, 4) is 11.4 Å². The first-order valence-electron chi connectivity index (χ1n) is 10.7. The van der Waals surface area contributed by atoms with Gasteiger partial charge in [-0.05, 0) is 57.4 Å². The summed E-state index contributed by atoms with van der Waals surface area (Å²) < 4.78 is 2.15. The number of aromatic nitrogens is 4. The number of benzene rings is 3. The molecule has 0 atom stereocenters. The summed E-state index contributed by atoms with van der Waals surface area (Å²) in [6, 6.07) is 19.0. The quantitative estimate of drug-likeness (QED) is 0.263. The van der Waals surface area contributed by atoms with Crippen LogP contribution in [0.2, 0.25) is 0 Å². The Morgan fingerprint density at radius 1 is 0.774 bits per heavy atom. The summed E-state index contributed by atoms with van der Waals surface area (Å²) in [5.41, 5.74) is 8.08. The topological polar surface area (TPSA) is 42.6 Å². The van der Waals surface area contributed by atoms with Crippen molar-refractivity contribution in [2.75, 3.05) is 0 Å². The van der Waals surface area contributed by atoms with Gasteiger partial charge in [0.25, 0.3) is 5.65 Å². The predicted octanol–water partition coefficient (Wildman–Crippen LogP) is 5.74. The number of nitrogens with zero attached hydrogens (tertiary/aromatic N) is 4. The molecular weight excluding hydrogens is 380 g/mol. The maximum Gasteiger partial charge on any atom is 0.333 e. The number of rotatable bonds is 1. The first-order valence-corrected chi connectivity index (χ1v) is 10.7. The Hall–Kier alpha value is -3.40. The molecule has 0 aliphatic carbocycles. The van der Waals surface area contributed by atoms with Crippen LogP contribution in [0.25, 0.3) is 44.4 Å². The number of aryl methyl sites for hydroxylation is 2. The van der Waals surface area contributed by atoms with E-state index in [-0.39, 0.29) is 5.41 Å². The molecule has 4 heteroatoms. The molecular formula is C27H27N4+. The zero-order valence-electron chi connectivity index (χ0n) is 19.0. The molecule has 4 nitrogen and oxygen atoms in total. The summed E-state index contributed by atoms with van der Waals surface area (Å²) in [4.78, 5) is 14.7. The van der Waals surface area contributed by atoms with Crippen LogP contribution in [0.5, 0.6) is 0 Å². The van der Waals surface area contributed by atoms with Crippen molar-refractivity contribution < 1.29 is 4.57 Å². The first-order chi connectivity index (χ1) is 14.8.